The van der Waals surface area contributed by atoms with Gasteiger partial charge in [-0.05, 0) is 11.6 Å². The van der Waals surface area contributed by atoms with Crippen molar-refractivity contribution in [3.8, 4) is 0 Å². The van der Waals surface area contributed by atoms with Crippen LogP contribution >= 0.6 is 0 Å². The number of halogens is 1. The second kappa shape index (κ2) is 8.74. The molecule has 28 heavy (non-hydrogen) atoms. The van der Waals surface area contributed by atoms with Gasteiger partial charge in [0, 0.05) is 42.6 Å². The molecule has 0 spiro atoms. The molecule has 0 bridgehead atoms. The van der Waals surface area contributed by atoms with Crippen molar-refractivity contribution < 1.29 is 14.0 Å². The summed E-state index contributed by atoms with van der Waals surface area (Å²) in [4.78, 5) is 29.9. The van der Waals surface area contributed by atoms with Crippen molar-refractivity contribution in [3.63, 3.8) is 0 Å². The van der Waals surface area contributed by atoms with Gasteiger partial charge in [0.25, 0.3) is 0 Å². The maximum absolute atomic E-state index is 14.5. The van der Waals surface area contributed by atoms with E-state index in [9.17, 15) is 14.0 Å². The zero-order chi connectivity index (χ0) is 20.1. The van der Waals surface area contributed by atoms with Gasteiger partial charge in [-0.3, -0.25) is 14.2 Å². The Balaban J connectivity index is 1.88. The molecule has 0 fully saturated rings. The predicted octanol–water partition coefficient (Wildman–Crippen LogP) is 5.23. The Hall–Kier alpha value is -3.08. The Morgan fingerprint density at radius 1 is 1.00 bits per heavy atom. The third-order valence-corrected chi connectivity index (χ3v) is 4.75. The maximum Gasteiger partial charge on any atom is 0.232 e. The van der Waals surface area contributed by atoms with Gasteiger partial charge in [-0.25, -0.2) is 9.37 Å². The summed E-state index contributed by atoms with van der Waals surface area (Å²) in [5, 5.41) is 0. The monoisotopic (exact) mass is 378 g/mol. The van der Waals surface area contributed by atoms with Gasteiger partial charge in [0.05, 0.1) is 0 Å². The van der Waals surface area contributed by atoms with Crippen LogP contribution in [-0.4, -0.2) is 21.2 Å². The van der Waals surface area contributed by atoms with E-state index in [1.807, 2.05) is 19.9 Å². The quantitative estimate of drug-likeness (QED) is 0.529. The maximum atomic E-state index is 14.5. The summed E-state index contributed by atoms with van der Waals surface area (Å²) in [5.74, 6) is -0.533. The van der Waals surface area contributed by atoms with Crippen LogP contribution in [0.4, 0.5) is 4.39 Å². The fourth-order valence-electron chi connectivity index (χ4n) is 3.33. The van der Waals surface area contributed by atoms with E-state index in [4.69, 9.17) is 0 Å². The lowest BCUT2D eigenvalue weighted by molar-refractivity contribution is 0.0878. The summed E-state index contributed by atoms with van der Waals surface area (Å²) >= 11 is 0. The zero-order valence-electron chi connectivity index (χ0n) is 16.0. The fraction of sp³-hybridized carbons (Fsp3) is 0.261. The summed E-state index contributed by atoms with van der Waals surface area (Å²) in [6, 6.07) is 15.2. The Labute approximate surface area is 164 Å². The molecule has 0 amide bonds. The van der Waals surface area contributed by atoms with E-state index in [0.717, 1.165) is 0 Å². The van der Waals surface area contributed by atoms with Gasteiger partial charge >= 0.3 is 0 Å². The van der Waals surface area contributed by atoms with Gasteiger partial charge < -0.3 is 0 Å². The minimum Gasteiger partial charge on any atom is -0.294 e. The number of benzene rings is 2. The highest BCUT2D eigenvalue weighted by atomic mass is 19.1. The van der Waals surface area contributed by atoms with Crippen LogP contribution in [0.15, 0.2) is 67.0 Å². The number of imidazole rings is 1. The van der Waals surface area contributed by atoms with Crippen molar-refractivity contribution in [2.24, 2.45) is 0 Å². The Morgan fingerprint density at radius 2 is 1.68 bits per heavy atom. The molecule has 5 heteroatoms. The molecule has 1 aromatic heterocycles. The van der Waals surface area contributed by atoms with Crippen LogP contribution in [0.1, 0.15) is 65.1 Å². The van der Waals surface area contributed by atoms with E-state index in [0.29, 0.717) is 17.0 Å². The van der Waals surface area contributed by atoms with Gasteiger partial charge in [0.15, 0.2) is 5.78 Å². The number of Topliss-reactive ketones (excluding diaryl/α,β-unsaturated/α-hetero) is 1. The Kier molecular flexibility index (Phi) is 6.14. The standard InChI is InChI=1S/C23H23FN2O2/c1-16(2)23-25-12-13-26(23)22(28)15-18(19-10-6-7-11-20(19)24)14-21(27)17-8-4-3-5-9-17/h3-13,16,18H,14-15H2,1-2H3/t18-/m1/s1. The first-order valence-electron chi connectivity index (χ1n) is 9.36. The number of carbonyl (C=O) groups excluding carboxylic acids is 2. The summed E-state index contributed by atoms with van der Waals surface area (Å²) in [7, 11) is 0. The minimum absolute atomic E-state index is 0.0234. The third kappa shape index (κ3) is 4.42. The van der Waals surface area contributed by atoms with Crippen LogP contribution in [0.25, 0.3) is 0 Å². The van der Waals surface area contributed by atoms with Crippen molar-refractivity contribution in [2.45, 2.75) is 38.5 Å². The van der Waals surface area contributed by atoms with Crippen LogP contribution in [0.2, 0.25) is 0 Å². The van der Waals surface area contributed by atoms with Crippen LogP contribution in [0.5, 0.6) is 0 Å². The first-order chi connectivity index (χ1) is 13.5. The summed E-state index contributed by atoms with van der Waals surface area (Å²) in [6.07, 6.45) is 3.29. The van der Waals surface area contributed by atoms with Gasteiger partial charge in [0.2, 0.25) is 5.91 Å². The number of ketones is 1. The van der Waals surface area contributed by atoms with Crippen molar-refractivity contribution >= 4 is 11.7 Å². The predicted molar refractivity (Wildman–Crippen MR) is 106 cm³/mol. The lowest BCUT2D eigenvalue weighted by atomic mass is 9.88. The average molecular weight is 378 g/mol. The van der Waals surface area contributed by atoms with Crippen molar-refractivity contribution in [2.75, 3.05) is 0 Å². The number of carbonyl (C=O) groups is 2. The number of rotatable bonds is 7. The molecule has 144 valence electrons. The first kappa shape index (κ1) is 19.7. The number of hydrogen-bond donors (Lipinski definition) is 0. The molecule has 0 saturated carbocycles. The molecule has 3 rings (SSSR count). The van der Waals surface area contributed by atoms with Gasteiger partial charge in [-0.1, -0.05) is 62.4 Å². The molecular formula is C23H23FN2O2. The summed E-state index contributed by atoms with van der Waals surface area (Å²) in [5.41, 5.74) is 0.938. The van der Waals surface area contributed by atoms with Crippen LogP contribution in [0, 0.1) is 5.82 Å². The van der Waals surface area contributed by atoms with Crippen molar-refractivity contribution in [1.29, 1.82) is 0 Å². The van der Waals surface area contributed by atoms with E-state index in [-0.39, 0.29) is 30.4 Å². The molecule has 0 unspecified atom stereocenters. The Morgan fingerprint density at radius 3 is 2.36 bits per heavy atom. The summed E-state index contributed by atoms with van der Waals surface area (Å²) < 4.78 is 16.0. The topological polar surface area (TPSA) is 52.0 Å². The number of aromatic nitrogens is 2. The fourth-order valence-corrected chi connectivity index (χ4v) is 3.33. The van der Waals surface area contributed by atoms with E-state index in [1.165, 1.54) is 10.6 Å². The largest absolute Gasteiger partial charge is 0.294 e. The normalized spacial score (nSPS) is 12.1. The molecule has 2 aromatic carbocycles. The minimum atomic E-state index is -0.552. The first-order valence-corrected chi connectivity index (χ1v) is 9.36. The molecule has 0 N–H and O–H groups in total. The smallest absolute Gasteiger partial charge is 0.232 e. The molecule has 1 heterocycles. The second-order valence-electron chi connectivity index (χ2n) is 7.12. The molecule has 0 aliphatic heterocycles. The molecule has 0 aliphatic carbocycles. The summed E-state index contributed by atoms with van der Waals surface area (Å²) in [6.45, 7) is 3.92. The highest BCUT2D eigenvalue weighted by Crippen LogP contribution is 2.29. The lowest BCUT2D eigenvalue weighted by Crippen LogP contribution is -2.19. The number of nitrogens with zero attached hydrogens (tertiary/aromatic N) is 2. The van der Waals surface area contributed by atoms with E-state index >= 15 is 0 Å². The molecule has 1 atom stereocenters. The molecule has 0 saturated heterocycles. The van der Waals surface area contributed by atoms with Crippen LogP contribution in [0.3, 0.4) is 0 Å². The van der Waals surface area contributed by atoms with Gasteiger partial charge in [0.1, 0.15) is 11.6 Å². The highest BCUT2D eigenvalue weighted by Gasteiger charge is 2.25. The lowest BCUT2D eigenvalue weighted by Gasteiger charge is -2.18. The number of hydrogen-bond acceptors (Lipinski definition) is 3. The highest BCUT2D eigenvalue weighted by molar-refractivity contribution is 5.97. The average Bonchev–Trinajstić information content (AvgIpc) is 3.19. The molecule has 3 aromatic rings. The van der Waals surface area contributed by atoms with Crippen molar-refractivity contribution in [1.82, 2.24) is 9.55 Å². The van der Waals surface area contributed by atoms with Gasteiger partial charge in [-0.2, -0.15) is 0 Å². The molecule has 4 nitrogen and oxygen atoms in total. The molecule has 0 aliphatic rings. The van der Waals surface area contributed by atoms with E-state index in [2.05, 4.69) is 4.98 Å². The van der Waals surface area contributed by atoms with E-state index < -0.39 is 11.7 Å². The zero-order valence-corrected chi connectivity index (χ0v) is 16.0. The molecule has 0 radical (unpaired) electrons. The van der Waals surface area contributed by atoms with Crippen LogP contribution in [-0.2, 0) is 0 Å². The van der Waals surface area contributed by atoms with Gasteiger partial charge in [-0.15, -0.1) is 0 Å². The van der Waals surface area contributed by atoms with E-state index in [1.54, 1.807) is 54.9 Å². The second-order valence-corrected chi connectivity index (χ2v) is 7.12. The molecular weight excluding hydrogens is 355 g/mol. The third-order valence-electron chi connectivity index (χ3n) is 4.75. The SMILES string of the molecule is CC(C)c1nccn1C(=O)C[C@@H](CC(=O)c1ccccc1)c1ccccc1F. The Bertz CT molecular complexity index is 963. The van der Waals surface area contributed by atoms with Crippen molar-refractivity contribution in [3.05, 3.63) is 89.8 Å². The van der Waals surface area contributed by atoms with Crippen LogP contribution < -0.4 is 0 Å².